The van der Waals surface area contributed by atoms with E-state index in [0.717, 1.165) is 5.69 Å². The van der Waals surface area contributed by atoms with E-state index in [2.05, 4.69) is 5.10 Å². The number of carbonyl (C=O) groups is 1. The van der Waals surface area contributed by atoms with Crippen molar-refractivity contribution in [1.82, 2.24) is 9.78 Å². The Bertz CT molecular complexity index is 1450. The van der Waals surface area contributed by atoms with Gasteiger partial charge < -0.3 is 24.1 Å². The number of aromatic nitrogens is 2. The van der Waals surface area contributed by atoms with Crippen molar-refractivity contribution in [2.24, 2.45) is 7.05 Å². The minimum atomic E-state index is -0.496. The van der Waals surface area contributed by atoms with Crippen LogP contribution >= 0.6 is 0 Å². The summed E-state index contributed by atoms with van der Waals surface area (Å²) in [6.45, 7) is 0. The number of carbonyl (C=O) groups excluding carboxylic acids is 1. The van der Waals surface area contributed by atoms with Crippen molar-refractivity contribution in [3.63, 3.8) is 0 Å². The molecule has 0 unspecified atom stereocenters. The van der Waals surface area contributed by atoms with E-state index < -0.39 is 17.3 Å². The molecule has 2 N–H and O–H groups in total. The summed E-state index contributed by atoms with van der Waals surface area (Å²) in [6, 6.07) is 8.87. The van der Waals surface area contributed by atoms with Crippen LogP contribution < -0.4 is 14.9 Å². The molecule has 2 aromatic carbocycles. The molecule has 0 radical (unpaired) electrons. The van der Waals surface area contributed by atoms with E-state index in [9.17, 15) is 19.8 Å². The van der Waals surface area contributed by atoms with Gasteiger partial charge in [-0.3, -0.25) is 14.3 Å². The summed E-state index contributed by atoms with van der Waals surface area (Å²) in [6.07, 6.45) is 1.63. The molecule has 1 atom stereocenters. The number of nitrogens with zero attached hydrogens (tertiary/aromatic N) is 2. The first-order valence-electron chi connectivity index (χ1n) is 9.77. The third kappa shape index (κ3) is 2.97. The van der Waals surface area contributed by atoms with Crippen molar-refractivity contribution in [3.05, 3.63) is 64.1 Å². The molecule has 2 aromatic heterocycles. The van der Waals surface area contributed by atoms with Gasteiger partial charge in [0.2, 0.25) is 0 Å². The summed E-state index contributed by atoms with van der Waals surface area (Å²) in [7, 11) is 3.18. The average molecular weight is 434 g/mol. The molecule has 0 spiro atoms. The van der Waals surface area contributed by atoms with Gasteiger partial charge >= 0.3 is 5.97 Å². The molecule has 0 bridgehead atoms. The summed E-state index contributed by atoms with van der Waals surface area (Å²) in [5.41, 5.74) is 1.26. The molecule has 1 aliphatic rings. The Balaban J connectivity index is 1.81. The van der Waals surface area contributed by atoms with Crippen LogP contribution in [0.15, 0.2) is 51.8 Å². The highest BCUT2D eigenvalue weighted by atomic mass is 16.5. The molecule has 9 nitrogen and oxygen atoms in total. The van der Waals surface area contributed by atoms with Crippen LogP contribution in [0, 0.1) is 0 Å². The molecular formula is C23H18N2O7. The van der Waals surface area contributed by atoms with Crippen molar-refractivity contribution in [1.29, 1.82) is 0 Å². The van der Waals surface area contributed by atoms with Gasteiger partial charge in [0.05, 0.1) is 13.5 Å². The molecule has 0 saturated heterocycles. The van der Waals surface area contributed by atoms with Crippen LogP contribution in [-0.2, 0) is 11.8 Å². The van der Waals surface area contributed by atoms with Gasteiger partial charge in [0, 0.05) is 48.1 Å². The van der Waals surface area contributed by atoms with Crippen LogP contribution in [0.1, 0.15) is 23.6 Å². The minimum Gasteiger partial charge on any atom is -0.507 e. The van der Waals surface area contributed by atoms with Crippen LogP contribution in [0.25, 0.3) is 22.3 Å². The topological polar surface area (TPSA) is 124 Å². The van der Waals surface area contributed by atoms with Crippen LogP contribution in [0.5, 0.6) is 23.0 Å². The van der Waals surface area contributed by atoms with E-state index in [-0.39, 0.29) is 46.1 Å². The number of benzene rings is 2. The first-order valence-corrected chi connectivity index (χ1v) is 9.77. The van der Waals surface area contributed by atoms with Crippen molar-refractivity contribution in [2.75, 3.05) is 7.11 Å². The average Bonchev–Trinajstić information content (AvgIpc) is 3.18. The van der Waals surface area contributed by atoms with Crippen molar-refractivity contribution in [3.8, 4) is 34.3 Å². The molecule has 162 valence electrons. The molecule has 0 amide bonds. The third-order valence-corrected chi connectivity index (χ3v) is 5.60. The quantitative estimate of drug-likeness (QED) is 0.372. The van der Waals surface area contributed by atoms with Crippen molar-refractivity contribution < 1.29 is 28.9 Å². The van der Waals surface area contributed by atoms with Gasteiger partial charge in [-0.1, -0.05) is 0 Å². The largest absolute Gasteiger partial charge is 0.507 e. The normalized spacial score (nSPS) is 15.4. The molecule has 4 aromatic rings. The fourth-order valence-corrected chi connectivity index (χ4v) is 4.12. The fourth-order valence-electron chi connectivity index (χ4n) is 4.12. The number of rotatable bonds is 3. The molecule has 32 heavy (non-hydrogen) atoms. The second-order valence-corrected chi connectivity index (χ2v) is 7.48. The zero-order valence-corrected chi connectivity index (χ0v) is 17.2. The van der Waals surface area contributed by atoms with Gasteiger partial charge in [-0.2, -0.15) is 5.10 Å². The Hall–Kier alpha value is -4.27. The monoisotopic (exact) mass is 434 g/mol. The number of fused-ring (bicyclic) bond motifs is 3. The number of phenols is 2. The van der Waals surface area contributed by atoms with Crippen molar-refractivity contribution in [2.45, 2.75) is 12.3 Å². The number of aryl methyl sites for hydroxylation is 1. The Morgan fingerprint density at radius 2 is 1.94 bits per heavy atom. The van der Waals surface area contributed by atoms with Gasteiger partial charge in [-0.05, 0) is 24.3 Å². The second-order valence-electron chi connectivity index (χ2n) is 7.48. The zero-order valence-electron chi connectivity index (χ0n) is 17.2. The number of methoxy groups -OCH3 is 1. The fraction of sp³-hybridized carbons (Fsp3) is 0.174. The molecule has 0 aliphatic carbocycles. The highest BCUT2D eigenvalue weighted by molar-refractivity contribution is 5.93. The lowest BCUT2D eigenvalue weighted by Gasteiger charge is -2.25. The van der Waals surface area contributed by atoms with Crippen LogP contribution in [0.2, 0.25) is 0 Å². The van der Waals surface area contributed by atoms with E-state index in [0.29, 0.717) is 11.1 Å². The van der Waals surface area contributed by atoms with Gasteiger partial charge in [0.25, 0.3) is 0 Å². The lowest BCUT2D eigenvalue weighted by molar-refractivity contribution is -0.135. The predicted molar refractivity (Wildman–Crippen MR) is 113 cm³/mol. The van der Waals surface area contributed by atoms with E-state index in [1.165, 1.54) is 25.3 Å². The first-order chi connectivity index (χ1) is 15.4. The lowest BCUT2D eigenvalue weighted by atomic mass is 9.88. The van der Waals surface area contributed by atoms with Crippen LogP contribution in [0.4, 0.5) is 0 Å². The third-order valence-electron chi connectivity index (χ3n) is 5.60. The van der Waals surface area contributed by atoms with E-state index >= 15 is 0 Å². The van der Waals surface area contributed by atoms with Gasteiger partial charge in [-0.25, -0.2) is 0 Å². The van der Waals surface area contributed by atoms with Crippen LogP contribution in [-0.4, -0.2) is 33.1 Å². The van der Waals surface area contributed by atoms with Gasteiger partial charge in [-0.15, -0.1) is 0 Å². The van der Waals surface area contributed by atoms with E-state index in [1.807, 2.05) is 0 Å². The van der Waals surface area contributed by atoms with E-state index in [4.69, 9.17) is 13.9 Å². The predicted octanol–water partition coefficient (Wildman–Crippen LogP) is 3.05. The molecular weight excluding hydrogens is 416 g/mol. The molecule has 0 fully saturated rings. The molecule has 5 rings (SSSR count). The minimum absolute atomic E-state index is 0.0175. The summed E-state index contributed by atoms with van der Waals surface area (Å²) < 4.78 is 18.2. The second kappa shape index (κ2) is 7.16. The number of hydrogen-bond donors (Lipinski definition) is 2. The Labute approximate surface area is 181 Å². The summed E-state index contributed by atoms with van der Waals surface area (Å²) in [4.78, 5) is 25.3. The summed E-state index contributed by atoms with van der Waals surface area (Å²) >= 11 is 0. The number of aromatic hydroxyl groups is 2. The highest BCUT2D eigenvalue weighted by Crippen LogP contribution is 2.46. The number of ether oxygens (including phenoxy) is 2. The van der Waals surface area contributed by atoms with Crippen LogP contribution in [0.3, 0.4) is 0 Å². The maximum absolute atomic E-state index is 13.0. The lowest BCUT2D eigenvalue weighted by Crippen LogP contribution is -2.23. The number of hydrogen-bond acceptors (Lipinski definition) is 8. The summed E-state index contributed by atoms with van der Waals surface area (Å²) in [5.74, 6) is -0.868. The van der Waals surface area contributed by atoms with Gasteiger partial charge in [0.15, 0.2) is 16.9 Å². The molecule has 0 saturated carbocycles. The first kappa shape index (κ1) is 19.7. The van der Waals surface area contributed by atoms with Crippen molar-refractivity contribution >= 4 is 16.9 Å². The highest BCUT2D eigenvalue weighted by Gasteiger charge is 2.35. The maximum atomic E-state index is 13.0. The number of esters is 1. The Kier molecular flexibility index (Phi) is 4.40. The maximum Gasteiger partial charge on any atom is 0.312 e. The number of phenolic OH excluding ortho intramolecular Hbond substituents is 2. The summed E-state index contributed by atoms with van der Waals surface area (Å²) in [5, 5.41) is 24.8. The molecule has 3 heterocycles. The zero-order chi connectivity index (χ0) is 22.6. The Morgan fingerprint density at radius 3 is 2.62 bits per heavy atom. The SMILES string of the molecule is COc1ccc(-c2cc(=O)c3c(O)cc4c(c3o2)[C@H](c2ccnn2C)CC(=O)O4)cc1O. The molecule has 1 aliphatic heterocycles. The Morgan fingerprint density at radius 1 is 1.12 bits per heavy atom. The molecule has 9 heteroatoms. The van der Waals surface area contributed by atoms with E-state index in [1.54, 1.807) is 36.1 Å². The van der Waals surface area contributed by atoms with Gasteiger partial charge in [0.1, 0.15) is 28.2 Å². The smallest absolute Gasteiger partial charge is 0.312 e. The standard InChI is InChI=1S/C23H18N2O7/c1-25-13(5-6-24-25)12-8-20(29)31-19-10-16(28)22-15(27)9-18(32-23(22)21(12)19)11-3-4-17(30-2)14(26)7-11/h3-7,9-10,12,26,28H,8H2,1-2H3/t12-/m0/s1.